The van der Waals surface area contributed by atoms with E-state index in [4.69, 9.17) is 8.85 Å². The largest absolute Gasteiger partial charge is 0.396 e. The second-order valence-electron chi connectivity index (χ2n) is 6.66. The van der Waals surface area contributed by atoms with Crippen LogP contribution < -0.4 is 0 Å². The first-order valence-corrected chi connectivity index (χ1v) is 11.8. The van der Waals surface area contributed by atoms with Crippen molar-refractivity contribution in [2.24, 2.45) is 0 Å². The van der Waals surface area contributed by atoms with Crippen LogP contribution in [-0.4, -0.2) is 22.5 Å². The van der Waals surface area contributed by atoms with Gasteiger partial charge in [-0.1, -0.05) is 84.8 Å². The van der Waals surface area contributed by atoms with E-state index in [9.17, 15) is 0 Å². The third-order valence-corrected chi connectivity index (χ3v) is 6.36. The minimum atomic E-state index is -1.55. The maximum absolute atomic E-state index is 6.08. The minimum absolute atomic E-state index is 0.476. The standard InChI is InChI=1S/C20H42O2Si/c1-5-8-11-12-13-14-15-16-17-20(4)23(21-18-9-6-2)22-19-10-7-3/h16-17,20,23H,5-15,18-19H2,1-4H3. The Hall–Kier alpha value is -0.123. The van der Waals surface area contributed by atoms with Crippen molar-refractivity contribution in [1.82, 2.24) is 0 Å². The summed E-state index contributed by atoms with van der Waals surface area (Å²) in [6, 6.07) is 0. The third-order valence-electron chi connectivity index (χ3n) is 4.15. The number of hydrogen-bond donors (Lipinski definition) is 0. The molecule has 0 rings (SSSR count). The molecule has 0 spiro atoms. The maximum atomic E-state index is 6.08. The molecule has 0 saturated carbocycles. The van der Waals surface area contributed by atoms with Gasteiger partial charge in [0, 0.05) is 18.8 Å². The summed E-state index contributed by atoms with van der Waals surface area (Å²) < 4.78 is 12.2. The van der Waals surface area contributed by atoms with Crippen LogP contribution >= 0.6 is 0 Å². The van der Waals surface area contributed by atoms with E-state index in [0.717, 1.165) is 26.1 Å². The molecule has 0 fully saturated rings. The van der Waals surface area contributed by atoms with E-state index in [0.29, 0.717) is 5.54 Å². The zero-order valence-electron chi connectivity index (χ0n) is 16.3. The highest BCUT2D eigenvalue weighted by atomic mass is 28.3. The minimum Gasteiger partial charge on any atom is -0.396 e. The Bertz CT molecular complexity index is 246. The highest BCUT2D eigenvalue weighted by molar-refractivity contribution is 6.47. The molecule has 1 unspecified atom stereocenters. The van der Waals surface area contributed by atoms with Crippen LogP contribution in [0.1, 0.15) is 98.3 Å². The summed E-state index contributed by atoms with van der Waals surface area (Å²) in [6.45, 7) is 10.7. The van der Waals surface area contributed by atoms with Gasteiger partial charge in [-0.25, -0.2) is 0 Å². The highest BCUT2D eigenvalue weighted by Gasteiger charge is 2.19. The second-order valence-corrected chi connectivity index (χ2v) is 9.12. The van der Waals surface area contributed by atoms with Crippen LogP contribution in [0.4, 0.5) is 0 Å². The summed E-state index contributed by atoms with van der Waals surface area (Å²) >= 11 is 0. The van der Waals surface area contributed by atoms with Gasteiger partial charge >= 0.3 is 9.28 Å². The summed E-state index contributed by atoms with van der Waals surface area (Å²) in [5, 5.41) is 0. The molecule has 0 aliphatic heterocycles. The van der Waals surface area contributed by atoms with Crippen LogP contribution in [0.2, 0.25) is 5.54 Å². The lowest BCUT2D eigenvalue weighted by molar-refractivity contribution is 0.187. The highest BCUT2D eigenvalue weighted by Crippen LogP contribution is 2.16. The van der Waals surface area contributed by atoms with Gasteiger partial charge in [0.15, 0.2) is 0 Å². The molecule has 1 atom stereocenters. The van der Waals surface area contributed by atoms with Crippen LogP contribution in [0.3, 0.4) is 0 Å². The smallest absolute Gasteiger partial charge is 0.328 e. The molecule has 0 aromatic rings. The normalized spacial score (nSPS) is 13.3. The quantitative estimate of drug-likeness (QED) is 0.170. The maximum Gasteiger partial charge on any atom is 0.328 e. The summed E-state index contributed by atoms with van der Waals surface area (Å²) in [5.41, 5.74) is 0.476. The fourth-order valence-corrected chi connectivity index (χ4v) is 4.32. The van der Waals surface area contributed by atoms with Crippen molar-refractivity contribution in [1.29, 1.82) is 0 Å². The van der Waals surface area contributed by atoms with Gasteiger partial charge in [-0.2, -0.15) is 0 Å². The number of allylic oxidation sites excluding steroid dienone is 2. The van der Waals surface area contributed by atoms with Crippen LogP contribution in [0.5, 0.6) is 0 Å². The zero-order valence-corrected chi connectivity index (χ0v) is 17.5. The number of unbranched alkanes of at least 4 members (excludes halogenated alkanes) is 8. The second kappa shape index (κ2) is 18.2. The predicted octanol–water partition coefficient (Wildman–Crippen LogP) is 6.54. The first-order valence-electron chi connectivity index (χ1n) is 10.2. The van der Waals surface area contributed by atoms with Crippen molar-refractivity contribution in [2.45, 2.75) is 104 Å². The Kier molecular flexibility index (Phi) is 18.1. The monoisotopic (exact) mass is 342 g/mol. The Morgan fingerprint density at radius 1 is 0.739 bits per heavy atom. The third kappa shape index (κ3) is 15.2. The molecule has 0 aliphatic rings. The van der Waals surface area contributed by atoms with Gasteiger partial charge < -0.3 is 8.85 Å². The fraction of sp³-hybridized carbons (Fsp3) is 0.900. The van der Waals surface area contributed by atoms with E-state index in [2.05, 4.69) is 39.8 Å². The van der Waals surface area contributed by atoms with E-state index in [1.807, 2.05) is 0 Å². The van der Waals surface area contributed by atoms with E-state index >= 15 is 0 Å². The number of hydrogen-bond acceptors (Lipinski definition) is 2. The van der Waals surface area contributed by atoms with Crippen molar-refractivity contribution in [3.63, 3.8) is 0 Å². The molecule has 0 N–H and O–H groups in total. The molecule has 0 aromatic heterocycles. The molecule has 3 heteroatoms. The predicted molar refractivity (Wildman–Crippen MR) is 105 cm³/mol. The Labute approximate surface area is 147 Å². The molecule has 0 amide bonds. The van der Waals surface area contributed by atoms with Gasteiger partial charge in [0.2, 0.25) is 0 Å². The van der Waals surface area contributed by atoms with Crippen molar-refractivity contribution < 1.29 is 8.85 Å². The fourth-order valence-electron chi connectivity index (χ4n) is 2.48. The molecule has 0 aromatic carbocycles. The summed E-state index contributed by atoms with van der Waals surface area (Å²) in [5.74, 6) is 0. The summed E-state index contributed by atoms with van der Waals surface area (Å²) in [7, 11) is -1.55. The summed E-state index contributed by atoms with van der Waals surface area (Å²) in [6.07, 6.45) is 18.8. The van der Waals surface area contributed by atoms with Gasteiger partial charge in [0.25, 0.3) is 0 Å². The van der Waals surface area contributed by atoms with Crippen molar-refractivity contribution >= 4 is 9.28 Å². The Morgan fingerprint density at radius 2 is 1.26 bits per heavy atom. The van der Waals surface area contributed by atoms with Crippen molar-refractivity contribution in [3.05, 3.63) is 12.2 Å². The molecule has 0 saturated heterocycles. The van der Waals surface area contributed by atoms with Crippen LogP contribution in [0, 0.1) is 0 Å². The van der Waals surface area contributed by atoms with Crippen molar-refractivity contribution in [2.75, 3.05) is 13.2 Å². The van der Waals surface area contributed by atoms with Gasteiger partial charge in [-0.15, -0.1) is 0 Å². The molecular formula is C20H42O2Si. The molecule has 23 heavy (non-hydrogen) atoms. The molecule has 138 valence electrons. The SMILES string of the molecule is CCCCCCCCC=CC(C)[SiH](OCCCC)OCCCC. The average molecular weight is 343 g/mol. The number of rotatable bonds is 17. The average Bonchev–Trinajstić information content (AvgIpc) is 2.56. The van der Waals surface area contributed by atoms with Gasteiger partial charge in [-0.05, 0) is 25.7 Å². The Balaban J connectivity index is 3.93. The van der Waals surface area contributed by atoms with Gasteiger partial charge in [-0.3, -0.25) is 0 Å². The lowest BCUT2D eigenvalue weighted by Crippen LogP contribution is -2.28. The summed E-state index contributed by atoms with van der Waals surface area (Å²) in [4.78, 5) is 0. The van der Waals surface area contributed by atoms with Crippen LogP contribution in [0.25, 0.3) is 0 Å². The van der Waals surface area contributed by atoms with E-state index in [1.165, 1.54) is 57.8 Å². The molecule has 2 nitrogen and oxygen atoms in total. The van der Waals surface area contributed by atoms with Crippen LogP contribution in [-0.2, 0) is 8.85 Å². The molecule has 0 bridgehead atoms. The van der Waals surface area contributed by atoms with Gasteiger partial charge in [0.1, 0.15) is 0 Å². The lowest BCUT2D eigenvalue weighted by Gasteiger charge is -2.20. The lowest BCUT2D eigenvalue weighted by atomic mass is 10.1. The first-order chi connectivity index (χ1) is 11.3. The van der Waals surface area contributed by atoms with Crippen molar-refractivity contribution in [3.8, 4) is 0 Å². The first kappa shape index (κ1) is 22.9. The molecule has 0 aliphatic carbocycles. The van der Waals surface area contributed by atoms with E-state index < -0.39 is 9.28 Å². The molecular weight excluding hydrogens is 300 g/mol. The van der Waals surface area contributed by atoms with Gasteiger partial charge in [0.05, 0.1) is 0 Å². The Morgan fingerprint density at radius 3 is 1.83 bits per heavy atom. The van der Waals surface area contributed by atoms with E-state index in [1.54, 1.807) is 0 Å². The molecule has 0 radical (unpaired) electrons. The van der Waals surface area contributed by atoms with Crippen LogP contribution in [0.15, 0.2) is 12.2 Å². The topological polar surface area (TPSA) is 18.5 Å². The van der Waals surface area contributed by atoms with E-state index in [-0.39, 0.29) is 0 Å². The molecule has 0 heterocycles. The zero-order chi connectivity index (χ0) is 17.2.